The molecule has 1 N–H and O–H groups in total. The van der Waals surface area contributed by atoms with Crippen LogP contribution in [0.4, 0.5) is 14.5 Å². The van der Waals surface area contributed by atoms with Gasteiger partial charge in [-0.3, -0.25) is 0 Å². The van der Waals surface area contributed by atoms with Crippen molar-refractivity contribution in [3.05, 3.63) is 59.2 Å². The van der Waals surface area contributed by atoms with Crippen molar-refractivity contribution in [3.8, 4) is 5.75 Å². The largest absolute Gasteiger partial charge is 0.494 e. The molecule has 0 saturated heterocycles. The molecule has 0 aliphatic carbocycles. The van der Waals surface area contributed by atoms with Crippen LogP contribution in [0.15, 0.2) is 36.4 Å². The third-order valence-corrected chi connectivity index (χ3v) is 3.10. The molecule has 0 heterocycles. The molecule has 0 amide bonds. The zero-order valence-corrected chi connectivity index (χ0v) is 12.2. The van der Waals surface area contributed by atoms with Gasteiger partial charge in [0.2, 0.25) is 0 Å². The van der Waals surface area contributed by atoms with Crippen molar-refractivity contribution >= 4 is 5.69 Å². The van der Waals surface area contributed by atoms with Gasteiger partial charge in [0.15, 0.2) is 0 Å². The zero-order chi connectivity index (χ0) is 15.2. The minimum Gasteiger partial charge on any atom is -0.494 e. The van der Waals surface area contributed by atoms with Crippen LogP contribution in [0.2, 0.25) is 0 Å². The molecule has 2 aromatic rings. The number of ether oxygens (including phenoxy) is 1. The van der Waals surface area contributed by atoms with E-state index < -0.39 is 11.6 Å². The van der Waals surface area contributed by atoms with Gasteiger partial charge in [0.05, 0.1) is 12.3 Å². The molecule has 0 fully saturated rings. The molecule has 0 bridgehead atoms. The minimum absolute atomic E-state index is 0.165. The molecular weight excluding hydrogens is 272 g/mol. The van der Waals surface area contributed by atoms with Crippen LogP contribution in [0.1, 0.15) is 24.5 Å². The summed E-state index contributed by atoms with van der Waals surface area (Å²) < 4.78 is 32.7. The molecule has 2 rings (SSSR count). The molecule has 0 unspecified atom stereocenters. The fraction of sp³-hybridized carbons (Fsp3) is 0.294. The van der Waals surface area contributed by atoms with Gasteiger partial charge in [-0.25, -0.2) is 8.78 Å². The monoisotopic (exact) mass is 291 g/mol. The lowest BCUT2D eigenvalue weighted by Crippen LogP contribution is -2.03. The molecule has 112 valence electrons. The molecule has 21 heavy (non-hydrogen) atoms. The van der Waals surface area contributed by atoms with Crippen LogP contribution >= 0.6 is 0 Å². The third kappa shape index (κ3) is 4.18. The summed E-state index contributed by atoms with van der Waals surface area (Å²) in [6.45, 7) is 4.65. The van der Waals surface area contributed by atoms with Crippen LogP contribution in [0.3, 0.4) is 0 Å². The number of hydrogen-bond acceptors (Lipinski definition) is 2. The molecule has 0 spiro atoms. The molecule has 0 aliphatic heterocycles. The van der Waals surface area contributed by atoms with Gasteiger partial charge < -0.3 is 10.1 Å². The van der Waals surface area contributed by atoms with E-state index in [2.05, 4.69) is 5.32 Å². The van der Waals surface area contributed by atoms with E-state index in [0.29, 0.717) is 18.7 Å². The van der Waals surface area contributed by atoms with Gasteiger partial charge in [-0.05, 0) is 42.7 Å². The average Bonchev–Trinajstić information content (AvgIpc) is 2.48. The maximum Gasteiger partial charge on any atom is 0.146 e. The summed E-state index contributed by atoms with van der Waals surface area (Å²) >= 11 is 0. The van der Waals surface area contributed by atoms with Crippen LogP contribution in [-0.2, 0) is 6.54 Å². The molecule has 0 aromatic heterocycles. The van der Waals surface area contributed by atoms with E-state index >= 15 is 0 Å². The maximum atomic E-state index is 13.7. The van der Waals surface area contributed by atoms with E-state index in [4.69, 9.17) is 4.74 Å². The highest BCUT2D eigenvalue weighted by atomic mass is 19.1. The Bertz CT molecular complexity index is 614. The Morgan fingerprint density at radius 3 is 2.67 bits per heavy atom. The van der Waals surface area contributed by atoms with Crippen molar-refractivity contribution in [2.24, 2.45) is 0 Å². The molecule has 0 aliphatic rings. The first kappa shape index (κ1) is 15.3. The molecule has 4 heteroatoms. The van der Waals surface area contributed by atoms with Gasteiger partial charge in [-0.15, -0.1) is 0 Å². The highest BCUT2D eigenvalue weighted by molar-refractivity contribution is 5.47. The van der Waals surface area contributed by atoms with Gasteiger partial charge in [0.25, 0.3) is 0 Å². The lowest BCUT2D eigenvalue weighted by molar-refractivity contribution is 0.317. The number of aryl methyl sites for hydroxylation is 1. The van der Waals surface area contributed by atoms with E-state index in [9.17, 15) is 8.78 Å². The van der Waals surface area contributed by atoms with Crippen LogP contribution in [-0.4, -0.2) is 6.61 Å². The molecule has 2 nitrogen and oxygen atoms in total. The predicted octanol–water partition coefficient (Wildman–Crippen LogP) is 4.67. The first-order valence-electron chi connectivity index (χ1n) is 7.01. The summed E-state index contributed by atoms with van der Waals surface area (Å²) in [5, 5.41) is 2.91. The predicted molar refractivity (Wildman–Crippen MR) is 80.6 cm³/mol. The van der Waals surface area contributed by atoms with Crippen molar-refractivity contribution in [1.29, 1.82) is 0 Å². The van der Waals surface area contributed by atoms with Crippen LogP contribution in [0, 0.1) is 18.6 Å². The second kappa shape index (κ2) is 7.07. The molecule has 2 aromatic carbocycles. The summed E-state index contributed by atoms with van der Waals surface area (Å²) in [4.78, 5) is 0. The first-order valence-corrected chi connectivity index (χ1v) is 7.01. The van der Waals surface area contributed by atoms with Crippen molar-refractivity contribution in [2.45, 2.75) is 26.8 Å². The minimum atomic E-state index is -0.452. The second-order valence-electron chi connectivity index (χ2n) is 4.93. The summed E-state index contributed by atoms with van der Waals surface area (Å²) in [7, 11) is 0. The third-order valence-electron chi connectivity index (χ3n) is 3.10. The van der Waals surface area contributed by atoms with Crippen LogP contribution < -0.4 is 10.1 Å². The van der Waals surface area contributed by atoms with Gasteiger partial charge in [-0.1, -0.05) is 19.1 Å². The highest BCUT2D eigenvalue weighted by Crippen LogP contribution is 2.20. The van der Waals surface area contributed by atoms with Crippen molar-refractivity contribution in [3.63, 3.8) is 0 Å². The van der Waals surface area contributed by atoms with Crippen LogP contribution in [0.25, 0.3) is 0 Å². The number of anilines is 1. The number of nitrogens with one attached hydrogen (secondary N) is 1. The second-order valence-corrected chi connectivity index (χ2v) is 4.93. The topological polar surface area (TPSA) is 21.3 Å². The number of halogens is 2. The Morgan fingerprint density at radius 1 is 1.10 bits per heavy atom. The van der Waals surface area contributed by atoms with Gasteiger partial charge in [0.1, 0.15) is 17.4 Å². The number of rotatable bonds is 6. The van der Waals surface area contributed by atoms with Crippen molar-refractivity contribution in [2.75, 3.05) is 11.9 Å². The Hall–Kier alpha value is -2.10. The Kier molecular flexibility index (Phi) is 5.14. The highest BCUT2D eigenvalue weighted by Gasteiger charge is 2.07. The fourth-order valence-electron chi connectivity index (χ4n) is 1.94. The van der Waals surface area contributed by atoms with Crippen molar-refractivity contribution in [1.82, 2.24) is 0 Å². The number of hydrogen-bond donors (Lipinski definition) is 1. The normalized spacial score (nSPS) is 10.5. The molecule has 0 saturated carbocycles. The van der Waals surface area contributed by atoms with Crippen LogP contribution in [0.5, 0.6) is 5.75 Å². The SMILES string of the molecule is CCCOc1cccc(CNc2cc(F)c(C)cc2F)c1. The van der Waals surface area contributed by atoms with E-state index in [1.165, 1.54) is 19.1 Å². The lowest BCUT2D eigenvalue weighted by atomic mass is 10.2. The smallest absolute Gasteiger partial charge is 0.146 e. The first-order chi connectivity index (χ1) is 10.1. The fourth-order valence-corrected chi connectivity index (χ4v) is 1.94. The van der Waals surface area contributed by atoms with E-state index in [1.807, 2.05) is 31.2 Å². The van der Waals surface area contributed by atoms with Gasteiger partial charge in [-0.2, -0.15) is 0 Å². The van der Waals surface area contributed by atoms with Crippen molar-refractivity contribution < 1.29 is 13.5 Å². The van der Waals surface area contributed by atoms with Gasteiger partial charge in [0, 0.05) is 12.6 Å². The van der Waals surface area contributed by atoms with E-state index in [-0.39, 0.29) is 5.69 Å². The summed E-state index contributed by atoms with van der Waals surface area (Å²) in [5.74, 6) is -0.0853. The maximum absolute atomic E-state index is 13.7. The van der Waals surface area contributed by atoms with E-state index in [1.54, 1.807) is 0 Å². The summed E-state index contributed by atoms with van der Waals surface area (Å²) in [5.41, 5.74) is 1.41. The molecule has 0 radical (unpaired) electrons. The quantitative estimate of drug-likeness (QED) is 0.834. The Labute approximate surface area is 123 Å². The average molecular weight is 291 g/mol. The standard InChI is InChI=1S/C17H19F2NO/c1-3-7-21-14-6-4-5-13(9-14)11-20-17-10-15(18)12(2)8-16(17)19/h4-6,8-10,20H,3,7,11H2,1-2H3. The molecular formula is C17H19F2NO. The summed E-state index contributed by atoms with van der Waals surface area (Å²) in [6, 6.07) is 9.94. The zero-order valence-electron chi connectivity index (χ0n) is 12.2. The lowest BCUT2D eigenvalue weighted by Gasteiger charge is -2.10. The van der Waals surface area contributed by atoms with E-state index in [0.717, 1.165) is 17.7 Å². The summed E-state index contributed by atoms with van der Waals surface area (Å²) in [6.07, 6.45) is 0.941. The Morgan fingerprint density at radius 2 is 1.90 bits per heavy atom. The Balaban J connectivity index is 2.04. The number of benzene rings is 2. The molecule has 0 atom stereocenters. The van der Waals surface area contributed by atoms with Gasteiger partial charge >= 0.3 is 0 Å².